The van der Waals surface area contributed by atoms with Crippen molar-refractivity contribution in [2.75, 3.05) is 0 Å². The van der Waals surface area contributed by atoms with E-state index in [-0.39, 0.29) is 4.90 Å². The van der Waals surface area contributed by atoms with Crippen molar-refractivity contribution in [3.63, 3.8) is 0 Å². The third kappa shape index (κ3) is 3.15. The Morgan fingerprint density at radius 3 is 1.94 bits per heavy atom. The first kappa shape index (κ1) is 11.8. The van der Waals surface area contributed by atoms with Gasteiger partial charge in [-0.1, -0.05) is 48.5 Å². The van der Waals surface area contributed by atoms with Crippen LogP contribution in [0.4, 0.5) is 0 Å². The third-order valence-corrected chi connectivity index (χ3v) is 3.55. The quantitative estimate of drug-likeness (QED) is 0.898. The highest BCUT2D eigenvalue weighted by atomic mass is 32.2. The van der Waals surface area contributed by atoms with E-state index in [1.54, 1.807) is 30.3 Å². The van der Waals surface area contributed by atoms with Gasteiger partial charge in [0.05, 0.1) is 11.4 Å². The number of hydrogen-bond acceptors (Lipinski definition) is 2. The SMILES string of the molecule is O=S(=O)(N[CH]c1ccccc1)c1ccccc1. The van der Waals surface area contributed by atoms with Crippen molar-refractivity contribution in [3.8, 4) is 0 Å². The number of rotatable bonds is 4. The molecule has 0 saturated heterocycles. The Morgan fingerprint density at radius 2 is 1.35 bits per heavy atom. The van der Waals surface area contributed by atoms with Gasteiger partial charge in [0.25, 0.3) is 0 Å². The van der Waals surface area contributed by atoms with Crippen LogP contribution in [0.15, 0.2) is 65.6 Å². The molecule has 0 aliphatic rings. The maximum atomic E-state index is 11.9. The van der Waals surface area contributed by atoms with Gasteiger partial charge in [-0.25, -0.2) is 13.1 Å². The molecule has 0 saturated carbocycles. The fraction of sp³-hybridized carbons (Fsp3) is 0. The minimum atomic E-state index is -3.46. The lowest BCUT2D eigenvalue weighted by molar-refractivity contribution is 0.588. The molecule has 4 heteroatoms. The maximum Gasteiger partial charge on any atom is 0.241 e. The van der Waals surface area contributed by atoms with E-state index in [2.05, 4.69) is 4.72 Å². The molecule has 0 spiro atoms. The summed E-state index contributed by atoms with van der Waals surface area (Å²) < 4.78 is 26.2. The van der Waals surface area contributed by atoms with Crippen LogP contribution >= 0.6 is 0 Å². The van der Waals surface area contributed by atoms with Gasteiger partial charge in [0, 0.05) is 0 Å². The molecule has 0 heterocycles. The number of sulfonamides is 1. The van der Waals surface area contributed by atoms with Gasteiger partial charge in [0.2, 0.25) is 10.0 Å². The van der Waals surface area contributed by atoms with Gasteiger partial charge >= 0.3 is 0 Å². The Bertz CT molecular complexity index is 565. The van der Waals surface area contributed by atoms with Gasteiger partial charge in [-0.05, 0) is 17.7 Å². The predicted octanol–water partition coefficient (Wildman–Crippen LogP) is 2.17. The van der Waals surface area contributed by atoms with Gasteiger partial charge in [-0.2, -0.15) is 0 Å². The monoisotopic (exact) mass is 246 g/mol. The van der Waals surface area contributed by atoms with Crippen LogP contribution in [0.3, 0.4) is 0 Å². The van der Waals surface area contributed by atoms with Gasteiger partial charge in [0.1, 0.15) is 0 Å². The fourth-order valence-electron chi connectivity index (χ4n) is 1.36. The fourth-order valence-corrected chi connectivity index (χ4v) is 2.31. The summed E-state index contributed by atoms with van der Waals surface area (Å²) in [6.45, 7) is 1.47. The summed E-state index contributed by atoms with van der Waals surface area (Å²) in [6.07, 6.45) is 0. The topological polar surface area (TPSA) is 46.2 Å². The van der Waals surface area contributed by atoms with Crippen molar-refractivity contribution >= 4 is 10.0 Å². The largest absolute Gasteiger partial charge is 0.241 e. The van der Waals surface area contributed by atoms with Crippen LogP contribution in [-0.4, -0.2) is 8.42 Å². The van der Waals surface area contributed by atoms with E-state index < -0.39 is 10.0 Å². The Labute approximate surface area is 101 Å². The standard InChI is InChI=1S/C13H12NO2S/c15-17(16,13-9-5-2-6-10-13)14-11-12-7-3-1-4-8-12/h1-11,14H. The van der Waals surface area contributed by atoms with Crippen molar-refractivity contribution in [2.45, 2.75) is 4.90 Å². The molecule has 87 valence electrons. The lowest BCUT2D eigenvalue weighted by atomic mass is 10.2. The molecule has 0 aromatic heterocycles. The third-order valence-electron chi connectivity index (χ3n) is 2.23. The smallest absolute Gasteiger partial charge is 0.207 e. The molecule has 0 unspecified atom stereocenters. The molecule has 0 bridgehead atoms. The molecule has 17 heavy (non-hydrogen) atoms. The maximum absolute atomic E-state index is 11.9. The van der Waals surface area contributed by atoms with Crippen molar-refractivity contribution < 1.29 is 8.42 Å². The Morgan fingerprint density at radius 1 is 0.824 bits per heavy atom. The molecular formula is C13H12NO2S. The molecule has 2 aromatic rings. The first-order valence-electron chi connectivity index (χ1n) is 5.14. The zero-order chi connectivity index (χ0) is 12.1. The van der Waals surface area contributed by atoms with E-state index in [9.17, 15) is 8.42 Å². The van der Waals surface area contributed by atoms with Gasteiger partial charge in [-0.3, -0.25) is 0 Å². The van der Waals surface area contributed by atoms with Crippen molar-refractivity contribution in [2.24, 2.45) is 0 Å². The lowest BCUT2D eigenvalue weighted by Crippen LogP contribution is -2.21. The Hall–Kier alpha value is -1.65. The summed E-state index contributed by atoms with van der Waals surface area (Å²) in [4.78, 5) is 0.257. The van der Waals surface area contributed by atoms with E-state index in [1.165, 1.54) is 6.54 Å². The van der Waals surface area contributed by atoms with E-state index >= 15 is 0 Å². The van der Waals surface area contributed by atoms with Crippen molar-refractivity contribution in [3.05, 3.63) is 72.8 Å². The molecule has 3 nitrogen and oxygen atoms in total. The Balaban J connectivity index is 2.09. The second-order valence-electron chi connectivity index (χ2n) is 3.49. The molecular weight excluding hydrogens is 234 g/mol. The molecule has 0 fully saturated rings. The van der Waals surface area contributed by atoms with Crippen LogP contribution in [0.5, 0.6) is 0 Å². The van der Waals surface area contributed by atoms with E-state index in [4.69, 9.17) is 0 Å². The lowest BCUT2D eigenvalue weighted by Gasteiger charge is -2.05. The van der Waals surface area contributed by atoms with Crippen LogP contribution < -0.4 is 4.72 Å². The molecule has 1 radical (unpaired) electrons. The molecule has 0 aliphatic carbocycles. The molecule has 2 rings (SSSR count). The number of benzene rings is 2. The predicted molar refractivity (Wildman–Crippen MR) is 66.6 cm³/mol. The average Bonchev–Trinajstić information content (AvgIpc) is 2.39. The minimum absolute atomic E-state index is 0.257. The second kappa shape index (κ2) is 5.12. The Kier molecular flexibility index (Phi) is 3.56. The zero-order valence-corrected chi connectivity index (χ0v) is 9.89. The summed E-state index contributed by atoms with van der Waals surface area (Å²) >= 11 is 0. The first-order valence-corrected chi connectivity index (χ1v) is 6.62. The normalized spacial score (nSPS) is 11.3. The molecule has 0 aliphatic heterocycles. The first-order chi connectivity index (χ1) is 8.18. The number of nitrogens with one attached hydrogen (secondary N) is 1. The van der Waals surface area contributed by atoms with Crippen LogP contribution in [-0.2, 0) is 10.0 Å². The number of hydrogen-bond donors (Lipinski definition) is 1. The summed E-state index contributed by atoms with van der Waals surface area (Å²) in [7, 11) is -3.46. The van der Waals surface area contributed by atoms with Gasteiger partial charge in [0.15, 0.2) is 0 Å². The van der Waals surface area contributed by atoms with E-state index in [1.807, 2.05) is 30.3 Å². The van der Waals surface area contributed by atoms with E-state index in [0.717, 1.165) is 5.56 Å². The van der Waals surface area contributed by atoms with Crippen molar-refractivity contribution in [1.82, 2.24) is 4.72 Å². The average molecular weight is 246 g/mol. The highest BCUT2D eigenvalue weighted by Crippen LogP contribution is 2.09. The highest BCUT2D eigenvalue weighted by Gasteiger charge is 2.12. The molecule has 2 aromatic carbocycles. The van der Waals surface area contributed by atoms with Crippen LogP contribution in [0.1, 0.15) is 5.56 Å². The van der Waals surface area contributed by atoms with Crippen molar-refractivity contribution in [1.29, 1.82) is 0 Å². The van der Waals surface area contributed by atoms with Crippen LogP contribution in [0.25, 0.3) is 0 Å². The van der Waals surface area contributed by atoms with Gasteiger partial charge in [-0.15, -0.1) is 0 Å². The molecule has 0 amide bonds. The summed E-state index contributed by atoms with van der Waals surface area (Å²) in [6, 6.07) is 17.5. The van der Waals surface area contributed by atoms with Crippen LogP contribution in [0.2, 0.25) is 0 Å². The molecule has 0 atom stereocenters. The second-order valence-corrected chi connectivity index (χ2v) is 5.20. The minimum Gasteiger partial charge on any atom is -0.207 e. The summed E-state index contributed by atoms with van der Waals surface area (Å²) in [5, 5.41) is 0. The molecule has 1 N–H and O–H groups in total. The van der Waals surface area contributed by atoms with Gasteiger partial charge < -0.3 is 0 Å². The van der Waals surface area contributed by atoms with Crippen LogP contribution in [0, 0.1) is 6.54 Å². The van der Waals surface area contributed by atoms with E-state index in [0.29, 0.717) is 0 Å². The summed E-state index contributed by atoms with van der Waals surface area (Å²) in [5.41, 5.74) is 0.812. The summed E-state index contributed by atoms with van der Waals surface area (Å²) in [5.74, 6) is 0. The highest BCUT2D eigenvalue weighted by molar-refractivity contribution is 7.89. The zero-order valence-electron chi connectivity index (χ0n) is 9.08.